The molecule has 4 nitrogen and oxygen atoms in total. The second-order valence-corrected chi connectivity index (χ2v) is 5.47. The summed E-state index contributed by atoms with van der Waals surface area (Å²) in [6.07, 6.45) is 0. The van der Waals surface area contributed by atoms with E-state index in [0.717, 1.165) is 10.9 Å². The molecule has 112 valence electrons. The van der Waals surface area contributed by atoms with E-state index in [-0.39, 0.29) is 24.6 Å². The van der Waals surface area contributed by atoms with Crippen LogP contribution in [0.1, 0.15) is 25.5 Å². The van der Waals surface area contributed by atoms with E-state index in [1.807, 2.05) is 32.0 Å². The minimum atomic E-state index is -0.212. The molecule has 4 heteroatoms. The van der Waals surface area contributed by atoms with Crippen LogP contribution in [0.25, 0.3) is 10.8 Å². The molecule has 0 bridgehead atoms. The van der Waals surface area contributed by atoms with E-state index in [0.29, 0.717) is 6.54 Å². The van der Waals surface area contributed by atoms with Crippen molar-refractivity contribution in [3.05, 3.63) is 48.0 Å². The molecular formula is C17H22N2O2. The second-order valence-electron chi connectivity index (χ2n) is 5.47. The van der Waals surface area contributed by atoms with Crippen LogP contribution >= 0.6 is 0 Å². The number of aliphatic hydroxyl groups excluding tert-OH is 1. The van der Waals surface area contributed by atoms with E-state index in [1.54, 1.807) is 0 Å². The molecular weight excluding hydrogens is 264 g/mol. The van der Waals surface area contributed by atoms with Crippen LogP contribution in [-0.4, -0.2) is 24.3 Å². The third-order valence-corrected chi connectivity index (χ3v) is 3.54. The van der Waals surface area contributed by atoms with Gasteiger partial charge < -0.3 is 15.7 Å². The van der Waals surface area contributed by atoms with Gasteiger partial charge in [0.2, 0.25) is 0 Å². The number of nitrogens with one attached hydrogen (secondary N) is 2. The van der Waals surface area contributed by atoms with E-state index in [4.69, 9.17) is 5.11 Å². The first-order valence-electron chi connectivity index (χ1n) is 7.24. The van der Waals surface area contributed by atoms with Crippen LogP contribution < -0.4 is 10.6 Å². The number of urea groups is 1. The van der Waals surface area contributed by atoms with Gasteiger partial charge >= 0.3 is 6.03 Å². The van der Waals surface area contributed by atoms with Crippen molar-refractivity contribution in [2.45, 2.75) is 19.9 Å². The number of hydrogen-bond acceptors (Lipinski definition) is 2. The maximum atomic E-state index is 11.8. The van der Waals surface area contributed by atoms with Gasteiger partial charge in [-0.1, -0.05) is 43.3 Å². The molecule has 2 unspecified atom stereocenters. The third kappa shape index (κ3) is 4.20. The first kappa shape index (κ1) is 15.3. The standard InChI is InChI=1S/C17H22N2O2/c1-12(11-20)10-18-17(21)19-13(2)15-8-7-14-5-3-4-6-16(14)9-15/h3-9,12-13,20H,10-11H2,1-2H3,(H2,18,19,21). The lowest BCUT2D eigenvalue weighted by molar-refractivity contribution is 0.220. The van der Waals surface area contributed by atoms with Crippen molar-refractivity contribution < 1.29 is 9.90 Å². The Bertz CT molecular complexity index is 613. The molecule has 3 N–H and O–H groups in total. The molecule has 2 amide bonds. The second kappa shape index (κ2) is 7.09. The SMILES string of the molecule is CC(CO)CNC(=O)NC(C)c1ccc2ccccc2c1. The molecule has 2 aromatic rings. The van der Waals surface area contributed by atoms with Crippen molar-refractivity contribution in [2.24, 2.45) is 5.92 Å². The number of amides is 2. The summed E-state index contributed by atoms with van der Waals surface area (Å²) >= 11 is 0. The van der Waals surface area contributed by atoms with Gasteiger partial charge in [-0.2, -0.15) is 0 Å². The van der Waals surface area contributed by atoms with Crippen LogP contribution in [0.15, 0.2) is 42.5 Å². The van der Waals surface area contributed by atoms with Crippen molar-refractivity contribution in [3.8, 4) is 0 Å². The number of rotatable bonds is 5. The van der Waals surface area contributed by atoms with Gasteiger partial charge in [-0.15, -0.1) is 0 Å². The van der Waals surface area contributed by atoms with Gasteiger partial charge in [-0.05, 0) is 35.2 Å². The summed E-state index contributed by atoms with van der Waals surface area (Å²) < 4.78 is 0. The molecule has 2 aromatic carbocycles. The average Bonchev–Trinajstić information content (AvgIpc) is 2.52. The van der Waals surface area contributed by atoms with Crippen LogP contribution in [-0.2, 0) is 0 Å². The first-order valence-corrected chi connectivity index (χ1v) is 7.24. The minimum absolute atomic E-state index is 0.0618. The lowest BCUT2D eigenvalue weighted by Gasteiger charge is -2.17. The molecule has 0 aliphatic rings. The van der Waals surface area contributed by atoms with E-state index in [1.165, 1.54) is 5.39 Å². The van der Waals surface area contributed by atoms with Crippen molar-refractivity contribution in [1.29, 1.82) is 0 Å². The van der Waals surface area contributed by atoms with Gasteiger partial charge in [0.1, 0.15) is 0 Å². The highest BCUT2D eigenvalue weighted by atomic mass is 16.3. The van der Waals surface area contributed by atoms with Crippen LogP contribution in [0.3, 0.4) is 0 Å². The summed E-state index contributed by atoms with van der Waals surface area (Å²) in [6.45, 7) is 4.37. The number of carbonyl (C=O) groups excluding carboxylic acids is 1. The average molecular weight is 286 g/mol. The Labute approximate surface area is 125 Å². The lowest BCUT2D eigenvalue weighted by Crippen LogP contribution is -2.39. The van der Waals surface area contributed by atoms with Crippen molar-refractivity contribution in [2.75, 3.05) is 13.2 Å². The highest BCUT2D eigenvalue weighted by molar-refractivity contribution is 5.83. The Hall–Kier alpha value is -2.07. The highest BCUT2D eigenvalue weighted by Crippen LogP contribution is 2.20. The summed E-state index contributed by atoms with van der Waals surface area (Å²) in [6, 6.07) is 14.1. The molecule has 0 aliphatic heterocycles. The molecule has 0 aliphatic carbocycles. The largest absolute Gasteiger partial charge is 0.396 e. The molecule has 0 spiro atoms. The summed E-state index contributed by atoms with van der Waals surface area (Å²) in [7, 11) is 0. The molecule has 0 aromatic heterocycles. The van der Waals surface area contributed by atoms with Crippen molar-refractivity contribution in [1.82, 2.24) is 10.6 Å². The van der Waals surface area contributed by atoms with Crippen LogP contribution in [0.5, 0.6) is 0 Å². The van der Waals surface area contributed by atoms with Gasteiger partial charge in [-0.3, -0.25) is 0 Å². The molecule has 2 rings (SSSR count). The molecule has 0 fully saturated rings. The van der Waals surface area contributed by atoms with E-state index in [9.17, 15) is 4.79 Å². The van der Waals surface area contributed by atoms with Gasteiger partial charge in [0.25, 0.3) is 0 Å². The van der Waals surface area contributed by atoms with E-state index in [2.05, 4.69) is 34.9 Å². The van der Waals surface area contributed by atoms with Gasteiger partial charge in [0.05, 0.1) is 6.04 Å². The topological polar surface area (TPSA) is 61.4 Å². The van der Waals surface area contributed by atoms with Crippen LogP contribution in [0.4, 0.5) is 4.79 Å². The number of aliphatic hydroxyl groups is 1. The smallest absolute Gasteiger partial charge is 0.315 e. The Morgan fingerprint density at radius 3 is 2.57 bits per heavy atom. The van der Waals surface area contributed by atoms with Gasteiger partial charge in [0.15, 0.2) is 0 Å². The summed E-state index contributed by atoms with van der Waals surface area (Å²) in [4.78, 5) is 11.8. The normalized spacial score (nSPS) is 13.7. The van der Waals surface area contributed by atoms with Gasteiger partial charge in [0, 0.05) is 13.2 Å². The van der Waals surface area contributed by atoms with E-state index < -0.39 is 0 Å². The predicted octanol–water partition coefficient (Wildman–Crippen LogP) is 2.83. The molecule has 0 heterocycles. The number of carbonyl (C=O) groups is 1. The van der Waals surface area contributed by atoms with Crippen molar-refractivity contribution in [3.63, 3.8) is 0 Å². The Morgan fingerprint density at radius 2 is 1.86 bits per heavy atom. The summed E-state index contributed by atoms with van der Waals surface area (Å²) in [5.74, 6) is 0.0618. The number of fused-ring (bicyclic) bond motifs is 1. The van der Waals surface area contributed by atoms with Crippen LogP contribution in [0.2, 0.25) is 0 Å². The zero-order valence-electron chi connectivity index (χ0n) is 12.5. The fourth-order valence-electron chi connectivity index (χ4n) is 2.14. The molecule has 21 heavy (non-hydrogen) atoms. The third-order valence-electron chi connectivity index (χ3n) is 3.54. The fraction of sp³-hybridized carbons (Fsp3) is 0.353. The lowest BCUT2D eigenvalue weighted by atomic mass is 10.0. The molecule has 2 atom stereocenters. The summed E-state index contributed by atoms with van der Waals surface area (Å²) in [5.41, 5.74) is 1.07. The fourth-order valence-corrected chi connectivity index (χ4v) is 2.14. The molecule has 0 radical (unpaired) electrons. The number of hydrogen-bond donors (Lipinski definition) is 3. The minimum Gasteiger partial charge on any atom is -0.396 e. The maximum Gasteiger partial charge on any atom is 0.315 e. The number of benzene rings is 2. The summed E-state index contributed by atoms with van der Waals surface area (Å²) in [5, 5.41) is 17.0. The molecule has 0 saturated heterocycles. The van der Waals surface area contributed by atoms with Crippen LogP contribution in [0, 0.1) is 5.92 Å². The monoisotopic (exact) mass is 286 g/mol. The Morgan fingerprint density at radius 1 is 1.14 bits per heavy atom. The zero-order valence-corrected chi connectivity index (χ0v) is 12.5. The quantitative estimate of drug-likeness (QED) is 0.791. The highest BCUT2D eigenvalue weighted by Gasteiger charge is 2.10. The van der Waals surface area contributed by atoms with Crippen molar-refractivity contribution >= 4 is 16.8 Å². The molecule has 0 saturated carbocycles. The maximum absolute atomic E-state index is 11.8. The Kier molecular flexibility index (Phi) is 5.17. The van der Waals surface area contributed by atoms with Gasteiger partial charge in [-0.25, -0.2) is 4.79 Å². The zero-order chi connectivity index (χ0) is 15.2. The first-order chi connectivity index (χ1) is 10.1. The van der Waals surface area contributed by atoms with E-state index >= 15 is 0 Å². The predicted molar refractivity (Wildman–Crippen MR) is 85.1 cm³/mol. The Balaban J connectivity index is 1.98.